The van der Waals surface area contributed by atoms with Crippen molar-refractivity contribution in [2.45, 2.75) is 22.0 Å². The molecule has 120 valence electrons. The molecule has 1 aliphatic rings. The van der Waals surface area contributed by atoms with E-state index in [2.05, 4.69) is 5.32 Å². The summed E-state index contributed by atoms with van der Waals surface area (Å²) in [6, 6.07) is 5.99. The monoisotopic (exact) mass is 361 g/mol. The van der Waals surface area contributed by atoms with Gasteiger partial charge in [-0.3, -0.25) is 0 Å². The smallest absolute Gasteiger partial charge is 0.193 e. The minimum Gasteiger partial charge on any atom is -0.468 e. The van der Waals surface area contributed by atoms with Gasteiger partial charge < -0.3 is 9.73 Å². The highest BCUT2D eigenvalue weighted by molar-refractivity contribution is 7.97. The van der Waals surface area contributed by atoms with Crippen molar-refractivity contribution in [3.63, 3.8) is 0 Å². The zero-order chi connectivity index (χ0) is 15.8. The first-order valence-electron chi connectivity index (χ1n) is 6.62. The SMILES string of the molecule is O=S1(=O)C[C@H](NCc2ccco2)[C@@H](S(=O)(=O)c2cccs2)C1. The first kappa shape index (κ1) is 15.7. The minimum absolute atomic E-state index is 0.178. The van der Waals surface area contributed by atoms with E-state index in [0.717, 1.165) is 11.3 Å². The van der Waals surface area contributed by atoms with E-state index in [1.165, 1.54) is 12.3 Å². The molecule has 22 heavy (non-hydrogen) atoms. The fraction of sp³-hybridized carbons (Fsp3) is 0.385. The molecule has 0 bridgehead atoms. The molecule has 0 aliphatic carbocycles. The maximum absolute atomic E-state index is 12.6. The fourth-order valence-electron chi connectivity index (χ4n) is 2.53. The topological polar surface area (TPSA) is 93.4 Å². The van der Waals surface area contributed by atoms with Gasteiger partial charge >= 0.3 is 0 Å². The molecule has 1 fully saturated rings. The highest BCUT2D eigenvalue weighted by Crippen LogP contribution is 2.28. The second kappa shape index (κ2) is 5.80. The van der Waals surface area contributed by atoms with Gasteiger partial charge in [0, 0.05) is 6.04 Å². The standard InChI is InChI=1S/C13H15NO5S3/c15-21(16)8-11(14-7-10-3-1-5-19-10)12(9-21)22(17,18)13-4-2-6-20-13/h1-6,11-12,14H,7-9H2/t11-,12-/m0/s1. The molecule has 1 saturated heterocycles. The van der Waals surface area contributed by atoms with Crippen LogP contribution in [0.4, 0.5) is 0 Å². The molecule has 2 aromatic rings. The van der Waals surface area contributed by atoms with Gasteiger partial charge in [-0.15, -0.1) is 11.3 Å². The molecule has 1 N–H and O–H groups in total. The predicted molar refractivity (Wildman–Crippen MR) is 83.3 cm³/mol. The predicted octanol–water partition coefficient (Wildman–Crippen LogP) is 1.07. The van der Waals surface area contributed by atoms with E-state index in [4.69, 9.17) is 4.42 Å². The van der Waals surface area contributed by atoms with E-state index in [9.17, 15) is 16.8 Å². The number of sulfone groups is 2. The van der Waals surface area contributed by atoms with E-state index >= 15 is 0 Å². The Bertz CT molecular complexity index is 822. The first-order valence-corrected chi connectivity index (χ1v) is 10.9. The average Bonchev–Trinajstić information content (AvgIpc) is 3.17. The molecule has 0 amide bonds. The summed E-state index contributed by atoms with van der Waals surface area (Å²) in [5.41, 5.74) is 0. The van der Waals surface area contributed by atoms with Gasteiger partial charge in [0.15, 0.2) is 19.7 Å². The zero-order valence-corrected chi connectivity index (χ0v) is 14.0. The Morgan fingerprint density at radius 3 is 2.73 bits per heavy atom. The number of rotatable bonds is 5. The lowest BCUT2D eigenvalue weighted by Gasteiger charge is -2.18. The third kappa shape index (κ3) is 3.12. The summed E-state index contributed by atoms with van der Waals surface area (Å²) in [4.78, 5) is 0. The van der Waals surface area contributed by atoms with Crippen molar-refractivity contribution in [2.24, 2.45) is 0 Å². The summed E-state index contributed by atoms with van der Waals surface area (Å²) in [7, 11) is -7.04. The van der Waals surface area contributed by atoms with Crippen LogP contribution in [0.25, 0.3) is 0 Å². The third-order valence-corrected chi connectivity index (χ3v) is 9.17. The third-order valence-electron chi connectivity index (χ3n) is 3.59. The Hall–Kier alpha value is -1.16. The summed E-state index contributed by atoms with van der Waals surface area (Å²) in [6.07, 6.45) is 1.52. The van der Waals surface area contributed by atoms with Crippen LogP contribution in [0.2, 0.25) is 0 Å². The van der Waals surface area contributed by atoms with Crippen molar-refractivity contribution in [3.05, 3.63) is 41.7 Å². The molecule has 6 nitrogen and oxygen atoms in total. The quantitative estimate of drug-likeness (QED) is 0.856. The highest BCUT2D eigenvalue weighted by atomic mass is 32.2. The van der Waals surface area contributed by atoms with Crippen molar-refractivity contribution in [3.8, 4) is 0 Å². The van der Waals surface area contributed by atoms with E-state index in [-0.39, 0.29) is 15.7 Å². The number of nitrogens with one attached hydrogen (secondary N) is 1. The Kier molecular flexibility index (Phi) is 4.15. The van der Waals surface area contributed by atoms with Crippen molar-refractivity contribution in [1.29, 1.82) is 0 Å². The van der Waals surface area contributed by atoms with Gasteiger partial charge in [0.2, 0.25) is 0 Å². The normalized spacial score (nSPS) is 24.5. The Morgan fingerprint density at radius 1 is 1.27 bits per heavy atom. The maximum atomic E-state index is 12.6. The van der Waals surface area contributed by atoms with Crippen LogP contribution in [0.3, 0.4) is 0 Å². The van der Waals surface area contributed by atoms with Crippen molar-refractivity contribution in [1.82, 2.24) is 5.32 Å². The zero-order valence-electron chi connectivity index (χ0n) is 11.5. The fourth-order valence-corrected chi connectivity index (χ4v) is 8.47. The van der Waals surface area contributed by atoms with Crippen LogP contribution < -0.4 is 5.32 Å². The summed E-state index contributed by atoms with van der Waals surface area (Å²) < 4.78 is 54.5. The molecule has 3 rings (SSSR count). The van der Waals surface area contributed by atoms with Crippen LogP contribution in [0, 0.1) is 0 Å². The number of thiophene rings is 1. The van der Waals surface area contributed by atoms with Crippen LogP contribution >= 0.6 is 11.3 Å². The Balaban J connectivity index is 1.84. The van der Waals surface area contributed by atoms with Gasteiger partial charge in [-0.2, -0.15) is 0 Å². The van der Waals surface area contributed by atoms with Crippen molar-refractivity contribution in [2.75, 3.05) is 11.5 Å². The molecule has 2 atom stereocenters. The van der Waals surface area contributed by atoms with Crippen LogP contribution in [0.15, 0.2) is 44.5 Å². The molecule has 1 aliphatic heterocycles. The molecular formula is C13H15NO5S3. The minimum atomic E-state index is -3.66. The van der Waals surface area contributed by atoms with Crippen LogP contribution in [0.1, 0.15) is 5.76 Å². The molecule has 9 heteroatoms. The van der Waals surface area contributed by atoms with Crippen LogP contribution in [-0.4, -0.2) is 39.6 Å². The Morgan fingerprint density at radius 2 is 2.09 bits per heavy atom. The molecule has 0 spiro atoms. The summed E-state index contributed by atoms with van der Waals surface area (Å²) in [5, 5.41) is 3.71. The van der Waals surface area contributed by atoms with E-state index in [1.807, 2.05) is 0 Å². The van der Waals surface area contributed by atoms with E-state index < -0.39 is 31.0 Å². The number of hydrogen-bond acceptors (Lipinski definition) is 7. The molecule has 0 radical (unpaired) electrons. The summed E-state index contributed by atoms with van der Waals surface area (Å²) >= 11 is 1.11. The van der Waals surface area contributed by atoms with Gasteiger partial charge in [-0.1, -0.05) is 6.07 Å². The number of furan rings is 1. The number of hydrogen-bond donors (Lipinski definition) is 1. The van der Waals surface area contributed by atoms with Gasteiger partial charge in [-0.05, 0) is 23.6 Å². The first-order chi connectivity index (χ1) is 10.4. The van der Waals surface area contributed by atoms with Gasteiger partial charge in [0.1, 0.15) is 9.97 Å². The van der Waals surface area contributed by atoms with E-state index in [0.29, 0.717) is 12.3 Å². The van der Waals surface area contributed by atoms with E-state index in [1.54, 1.807) is 23.6 Å². The van der Waals surface area contributed by atoms with Crippen LogP contribution in [-0.2, 0) is 26.2 Å². The van der Waals surface area contributed by atoms with Crippen molar-refractivity contribution >= 4 is 31.0 Å². The lowest BCUT2D eigenvalue weighted by atomic mass is 10.2. The Labute approximate surface area is 133 Å². The molecule has 0 aromatic carbocycles. The molecular weight excluding hydrogens is 346 g/mol. The lowest BCUT2D eigenvalue weighted by molar-refractivity contribution is 0.454. The molecule has 2 aromatic heterocycles. The largest absolute Gasteiger partial charge is 0.468 e. The lowest BCUT2D eigenvalue weighted by Crippen LogP contribution is -2.42. The molecule has 0 saturated carbocycles. The van der Waals surface area contributed by atoms with Crippen molar-refractivity contribution < 1.29 is 21.3 Å². The second-order valence-electron chi connectivity index (χ2n) is 5.16. The van der Waals surface area contributed by atoms with Gasteiger partial charge in [-0.25, -0.2) is 16.8 Å². The summed E-state index contributed by atoms with van der Waals surface area (Å²) in [6.45, 7) is 0.295. The molecule has 0 unspecified atom stereocenters. The van der Waals surface area contributed by atoms with Crippen LogP contribution in [0.5, 0.6) is 0 Å². The highest BCUT2D eigenvalue weighted by Gasteiger charge is 2.46. The molecule has 3 heterocycles. The van der Waals surface area contributed by atoms with Gasteiger partial charge in [0.05, 0.1) is 29.6 Å². The average molecular weight is 361 g/mol. The maximum Gasteiger partial charge on any atom is 0.193 e. The second-order valence-corrected chi connectivity index (χ2v) is 10.7. The summed E-state index contributed by atoms with van der Waals surface area (Å²) in [5.74, 6) is 0.114. The van der Waals surface area contributed by atoms with Gasteiger partial charge in [0.25, 0.3) is 0 Å².